The van der Waals surface area contributed by atoms with Gasteiger partial charge in [0.25, 0.3) is 5.91 Å². The topological polar surface area (TPSA) is 84.8 Å². The summed E-state index contributed by atoms with van der Waals surface area (Å²) in [5.41, 5.74) is 0.259. The van der Waals surface area contributed by atoms with Crippen molar-refractivity contribution in [2.75, 3.05) is 0 Å². The number of oxime groups is 1. The van der Waals surface area contributed by atoms with Crippen molar-refractivity contribution < 1.29 is 19.2 Å². The second kappa shape index (κ2) is 8.38. The molecule has 1 rings (SSSR count). The van der Waals surface area contributed by atoms with Gasteiger partial charge in [0.15, 0.2) is 5.71 Å². The van der Waals surface area contributed by atoms with Crippen LogP contribution in [0.4, 0.5) is 0 Å². The van der Waals surface area contributed by atoms with Gasteiger partial charge in [0.1, 0.15) is 5.78 Å². The number of Topliss-reactive ketones (excluding diaryl/α,β-unsaturated/α-hetero) is 1. The Morgan fingerprint density at radius 3 is 2.17 bits per heavy atom. The molecule has 24 heavy (non-hydrogen) atoms. The summed E-state index contributed by atoms with van der Waals surface area (Å²) in [6.07, 6.45) is 0.0850. The van der Waals surface area contributed by atoms with Gasteiger partial charge in [-0.15, -0.1) is 0 Å². The quantitative estimate of drug-likeness (QED) is 0.493. The molecule has 1 N–H and O–H groups in total. The smallest absolute Gasteiger partial charge is 0.331 e. The first kappa shape index (κ1) is 19.5. The molecule has 0 aliphatic rings. The van der Waals surface area contributed by atoms with E-state index < -0.39 is 23.3 Å². The summed E-state index contributed by atoms with van der Waals surface area (Å²) >= 11 is 0. The van der Waals surface area contributed by atoms with Crippen LogP contribution < -0.4 is 5.32 Å². The number of ketones is 1. The Balaban J connectivity index is 3.29. The van der Waals surface area contributed by atoms with Crippen LogP contribution in [0, 0.1) is 0 Å². The van der Waals surface area contributed by atoms with E-state index in [4.69, 9.17) is 4.84 Å². The van der Waals surface area contributed by atoms with Crippen molar-refractivity contribution in [3.05, 3.63) is 35.9 Å². The first-order valence-electron chi connectivity index (χ1n) is 7.72. The lowest BCUT2D eigenvalue weighted by atomic mass is 9.88. The van der Waals surface area contributed by atoms with E-state index in [0.717, 1.165) is 5.56 Å². The molecule has 0 fully saturated rings. The highest BCUT2D eigenvalue weighted by molar-refractivity contribution is 6.41. The molecular formula is C18H24N2O4. The largest absolute Gasteiger partial charge is 0.346 e. The monoisotopic (exact) mass is 332 g/mol. The molecule has 130 valence electrons. The molecule has 6 heteroatoms. The number of hydrogen-bond acceptors (Lipinski definition) is 5. The third kappa shape index (κ3) is 6.73. The standard InChI is InChI=1S/C18H24N2O4/c1-12(21)11-15(14-9-7-6-8-10-14)16(20-24-13(2)22)17(23)19-18(3,4)5/h6-10,15H,11H2,1-5H3,(H,19,23)/b20-16-. The van der Waals surface area contributed by atoms with Gasteiger partial charge in [0, 0.05) is 24.8 Å². The lowest BCUT2D eigenvalue weighted by Crippen LogP contribution is -2.46. The van der Waals surface area contributed by atoms with Crippen molar-refractivity contribution >= 4 is 23.4 Å². The Hall–Kier alpha value is -2.50. The lowest BCUT2D eigenvalue weighted by molar-refractivity contribution is -0.141. The molecule has 1 amide bonds. The molecule has 0 aliphatic carbocycles. The minimum atomic E-state index is -0.634. The molecule has 0 saturated carbocycles. The fourth-order valence-electron chi connectivity index (χ4n) is 2.13. The highest BCUT2D eigenvalue weighted by Gasteiger charge is 2.29. The molecule has 6 nitrogen and oxygen atoms in total. The average Bonchev–Trinajstić information content (AvgIpc) is 2.44. The lowest BCUT2D eigenvalue weighted by Gasteiger charge is -2.24. The summed E-state index contributed by atoms with van der Waals surface area (Å²) < 4.78 is 0. The van der Waals surface area contributed by atoms with Gasteiger partial charge in [-0.05, 0) is 33.3 Å². The number of hydrogen-bond donors (Lipinski definition) is 1. The summed E-state index contributed by atoms with van der Waals surface area (Å²) in [6, 6.07) is 9.08. The molecule has 1 aromatic rings. The molecule has 0 spiro atoms. The van der Waals surface area contributed by atoms with E-state index in [1.807, 2.05) is 39.0 Å². The van der Waals surface area contributed by atoms with Crippen molar-refractivity contribution in [3.8, 4) is 0 Å². The van der Waals surface area contributed by atoms with E-state index in [2.05, 4.69) is 10.5 Å². The number of benzene rings is 1. The van der Waals surface area contributed by atoms with Crippen LogP contribution in [-0.4, -0.2) is 28.9 Å². The van der Waals surface area contributed by atoms with Gasteiger partial charge in [-0.25, -0.2) is 4.79 Å². The Bertz CT molecular complexity index is 630. The highest BCUT2D eigenvalue weighted by Crippen LogP contribution is 2.23. The summed E-state index contributed by atoms with van der Waals surface area (Å²) in [4.78, 5) is 40.1. The van der Waals surface area contributed by atoms with Crippen LogP contribution in [0.1, 0.15) is 52.5 Å². The van der Waals surface area contributed by atoms with Gasteiger partial charge in [-0.2, -0.15) is 0 Å². The molecule has 0 heterocycles. The molecule has 0 saturated heterocycles. The molecule has 0 aromatic heterocycles. The van der Waals surface area contributed by atoms with Gasteiger partial charge in [0.2, 0.25) is 0 Å². The Morgan fingerprint density at radius 1 is 1.12 bits per heavy atom. The Labute approximate surface area is 142 Å². The fourth-order valence-corrected chi connectivity index (χ4v) is 2.13. The van der Waals surface area contributed by atoms with Crippen molar-refractivity contribution in [1.82, 2.24) is 5.32 Å². The van der Waals surface area contributed by atoms with E-state index in [9.17, 15) is 14.4 Å². The Morgan fingerprint density at radius 2 is 1.71 bits per heavy atom. The van der Waals surface area contributed by atoms with Crippen molar-refractivity contribution in [3.63, 3.8) is 0 Å². The minimum Gasteiger partial charge on any atom is -0.346 e. The van der Waals surface area contributed by atoms with Crippen LogP contribution in [0.25, 0.3) is 0 Å². The summed E-state index contributed by atoms with van der Waals surface area (Å²) in [6.45, 7) is 8.14. The first-order chi connectivity index (χ1) is 11.1. The predicted octanol–water partition coefficient (Wildman–Crippen LogP) is 2.58. The number of carbonyl (C=O) groups is 3. The Kier molecular flexibility index (Phi) is 6.82. The van der Waals surface area contributed by atoms with Crippen molar-refractivity contribution in [2.45, 2.75) is 52.5 Å². The molecular weight excluding hydrogens is 308 g/mol. The maximum Gasteiger partial charge on any atom is 0.331 e. The van der Waals surface area contributed by atoms with Crippen LogP contribution >= 0.6 is 0 Å². The fraction of sp³-hybridized carbons (Fsp3) is 0.444. The summed E-state index contributed by atoms with van der Waals surface area (Å²) in [5, 5.41) is 6.53. The second-order valence-corrected chi connectivity index (χ2v) is 6.63. The number of nitrogens with zero attached hydrogens (tertiary/aromatic N) is 1. The number of rotatable bonds is 6. The number of carbonyl (C=O) groups excluding carboxylic acids is 3. The third-order valence-corrected chi connectivity index (χ3v) is 3.02. The molecule has 0 bridgehead atoms. The zero-order valence-corrected chi connectivity index (χ0v) is 14.8. The van der Waals surface area contributed by atoms with Crippen molar-refractivity contribution in [1.29, 1.82) is 0 Å². The molecule has 0 aliphatic heterocycles. The average molecular weight is 332 g/mol. The highest BCUT2D eigenvalue weighted by atomic mass is 16.7. The minimum absolute atomic E-state index is 0.00141. The normalized spacial score (nSPS) is 13.1. The van der Waals surface area contributed by atoms with Gasteiger partial charge >= 0.3 is 5.97 Å². The molecule has 1 atom stereocenters. The molecule has 1 aromatic carbocycles. The van der Waals surface area contributed by atoms with Gasteiger partial charge in [0.05, 0.1) is 0 Å². The zero-order chi connectivity index (χ0) is 18.3. The van der Waals surface area contributed by atoms with Crippen LogP contribution in [0.3, 0.4) is 0 Å². The third-order valence-electron chi connectivity index (χ3n) is 3.02. The van der Waals surface area contributed by atoms with E-state index in [0.29, 0.717) is 0 Å². The van der Waals surface area contributed by atoms with Crippen LogP contribution in [0.15, 0.2) is 35.5 Å². The maximum atomic E-state index is 12.6. The van der Waals surface area contributed by atoms with E-state index in [1.165, 1.54) is 13.8 Å². The second-order valence-electron chi connectivity index (χ2n) is 6.63. The van der Waals surface area contributed by atoms with Gasteiger partial charge < -0.3 is 10.2 Å². The SMILES string of the molecule is CC(=O)CC(/C(=N/OC(C)=O)C(=O)NC(C)(C)C)c1ccccc1. The van der Waals surface area contributed by atoms with Crippen molar-refractivity contribution in [2.24, 2.45) is 5.16 Å². The van der Waals surface area contributed by atoms with Crippen LogP contribution in [-0.2, 0) is 19.2 Å². The van der Waals surface area contributed by atoms with Crippen LogP contribution in [0.2, 0.25) is 0 Å². The zero-order valence-electron chi connectivity index (χ0n) is 14.8. The molecule has 0 radical (unpaired) electrons. The number of nitrogens with one attached hydrogen (secondary N) is 1. The summed E-state index contributed by atoms with van der Waals surface area (Å²) in [5.74, 6) is -1.79. The molecule has 1 unspecified atom stereocenters. The van der Waals surface area contributed by atoms with E-state index in [1.54, 1.807) is 12.1 Å². The van der Waals surface area contributed by atoms with E-state index >= 15 is 0 Å². The van der Waals surface area contributed by atoms with Gasteiger partial charge in [-0.3, -0.25) is 9.59 Å². The number of amides is 1. The van der Waals surface area contributed by atoms with Crippen LogP contribution in [0.5, 0.6) is 0 Å². The van der Waals surface area contributed by atoms with E-state index in [-0.39, 0.29) is 17.9 Å². The summed E-state index contributed by atoms with van der Waals surface area (Å²) in [7, 11) is 0. The first-order valence-corrected chi connectivity index (χ1v) is 7.72. The van der Waals surface area contributed by atoms with Gasteiger partial charge in [-0.1, -0.05) is 35.5 Å². The predicted molar refractivity (Wildman–Crippen MR) is 91.6 cm³/mol. The maximum absolute atomic E-state index is 12.6.